The molecular formula is C17H15BrF3N3O2. The number of rotatable bonds is 3. The molecule has 9 heteroatoms. The van der Waals surface area contributed by atoms with Gasteiger partial charge in [0.25, 0.3) is 5.69 Å². The summed E-state index contributed by atoms with van der Waals surface area (Å²) < 4.78 is 38.5. The molecule has 26 heavy (non-hydrogen) atoms. The van der Waals surface area contributed by atoms with E-state index in [0.29, 0.717) is 30.5 Å². The Bertz CT molecular complexity index is 854. The quantitative estimate of drug-likeness (QED) is 0.442. The Morgan fingerprint density at radius 2 is 1.88 bits per heavy atom. The van der Waals surface area contributed by atoms with Crippen molar-refractivity contribution >= 4 is 27.3 Å². The lowest BCUT2D eigenvalue weighted by atomic mass is 9.96. The third kappa shape index (κ3) is 3.68. The van der Waals surface area contributed by atoms with Gasteiger partial charge in [-0.15, -0.1) is 0 Å². The van der Waals surface area contributed by atoms with E-state index in [1.54, 1.807) is 0 Å². The molecule has 0 saturated heterocycles. The van der Waals surface area contributed by atoms with Crippen LogP contribution >= 0.6 is 15.9 Å². The SMILES string of the molecule is Nc1c([N+](=O)[O-])cc(Br)c2c1CCN(Cc1ccc(C(F)(F)F)cc1)C2. The summed E-state index contributed by atoms with van der Waals surface area (Å²) in [7, 11) is 0. The molecule has 2 aromatic carbocycles. The second-order valence-corrected chi connectivity index (χ2v) is 7.02. The van der Waals surface area contributed by atoms with E-state index < -0.39 is 16.7 Å². The lowest BCUT2D eigenvalue weighted by Crippen LogP contribution is -2.31. The Balaban J connectivity index is 1.79. The number of halogens is 4. The number of nitrogen functional groups attached to an aromatic ring is 1. The summed E-state index contributed by atoms with van der Waals surface area (Å²) in [6, 6.07) is 6.49. The summed E-state index contributed by atoms with van der Waals surface area (Å²) in [5.41, 5.74) is 7.74. The predicted molar refractivity (Wildman–Crippen MR) is 94.5 cm³/mol. The molecule has 2 aromatic rings. The molecule has 0 aromatic heterocycles. The molecule has 3 rings (SSSR count). The van der Waals surface area contributed by atoms with Crippen LogP contribution in [0.25, 0.3) is 0 Å². The summed E-state index contributed by atoms with van der Waals surface area (Å²) in [6.07, 6.45) is -3.80. The zero-order chi connectivity index (χ0) is 19.1. The van der Waals surface area contributed by atoms with E-state index in [0.717, 1.165) is 28.8 Å². The van der Waals surface area contributed by atoms with Crippen LogP contribution in [0.1, 0.15) is 22.3 Å². The van der Waals surface area contributed by atoms with Gasteiger partial charge < -0.3 is 5.73 Å². The number of hydrogen-bond acceptors (Lipinski definition) is 4. The van der Waals surface area contributed by atoms with Gasteiger partial charge in [0, 0.05) is 30.2 Å². The summed E-state index contributed by atoms with van der Waals surface area (Å²) in [5, 5.41) is 11.1. The largest absolute Gasteiger partial charge is 0.416 e. The Hall–Kier alpha value is -2.13. The maximum Gasteiger partial charge on any atom is 0.416 e. The van der Waals surface area contributed by atoms with Crippen molar-refractivity contribution in [2.75, 3.05) is 12.3 Å². The minimum Gasteiger partial charge on any atom is -0.393 e. The normalized spacial score (nSPS) is 14.9. The van der Waals surface area contributed by atoms with E-state index in [-0.39, 0.29) is 11.4 Å². The first kappa shape index (κ1) is 18.7. The molecule has 0 bridgehead atoms. The molecule has 1 aliphatic heterocycles. The Labute approximate surface area is 155 Å². The molecule has 0 radical (unpaired) electrons. The van der Waals surface area contributed by atoms with Gasteiger partial charge in [-0.3, -0.25) is 15.0 Å². The number of benzene rings is 2. The van der Waals surface area contributed by atoms with Crippen LogP contribution in [0.4, 0.5) is 24.5 Å². The second kappa shape index (κ2) is 6.88. The highest BCUT2D eigenvalue weighted by atomic mass is 79.9. The zero-order valence-electron chi connectivity index (χ0n) is 13.5. The molecule has 0 saturated carbocycles. The van der Waals surface area contributed by atoms with Crippen LogP contribution in [0.2, 0.25) is 0 Å². The monoisotopic (exact) mass is 429 g/mol. The van der Waals surface area contributed by atoms with Crippen LogP contribution in [0.15, 0.2) is 34.8 Å². The molecule has 0 spiro atoms. The van der Waals surface area contributed by atoms with Crippen molar-refractivity contribution < 1.29 is 18.1 Å². The van der Waals surface area contributed by atoms with Gasteiger partial charge in [0.05, 0.1) is 10.5 Å². The van der Waals surface area contributed by atoms with Gasteiger partial charge in [0.15, 0.2) is 0 Å². The standard InChI is InChI=1S/C17H15BrF3N3O2/c18-14-7-15(24(25)26)16(22)12-5-6-23(9-13(12)14)8-10-1-3-11(4-2-10)17(19,20)21/h1-4,7H,5-6,8-9,22H2. The molecular weight excluding hydrogens is 415 g/mol. The fourth-order valence-corrected chi connectivity index (χ4v) is 3.70. The third-order valence-corrected chi connectivity index (χ3v) is 5.17. The second-order valence-electron chi connectivity index (χ2n) is 6.16. The van der Waals surface area contributed by atoms with Crippen molar-refractivity contribution in [2.24, 2.45) is 0 Å². The van der Waals surface area contributed by atoms with E-state index in [1.807, 2.05) is 0 Å². The average Bonchev–Trinajstić information content (AvgIpc) is 2.57. The van der Waals surface area contributed by atoms with E-state index in [9.17, 15) is 23.3 Å². The van der Waals surface area contributed by atoms with Gasteiger partial charge in [-0.2, -0.15) is 13.2 Å². The number of nitro benzene ring substituents is 1. The van der Waals surface area contributed by atoms with E-state index >= 15 is 0 Å². The van der Waals surface area contributed by atoms with E-state index in [1.165, 1.54) is 18.2 Å². The van der Waals surface area contributed by atoms with Gasteiger partial charge in [-0.1, -0.05) is 28.1 Å². The smallest absolute Gasteiger partial charge is 0.393 e. The molecule has 0 amide bonds. The van der Waals surface area contributed by atoms with Crippen LogP contribution in [0, 0.1) is 10.1 Å². The van der Waals surface area contributed by atoms with Crippen molar-refractivity contribution in [1.82, 2.24) is 4.90 Å². The lowest BCUT2D eigenvalue weighted by molar-refractivity contribution is -0.384. The summed E-state index contributed by atoms with van der Waals surface area (Å²) in [5.74, 6) is 0. The first-order valence-corrected chi connectivity index (χ1v) is 8.58. The predicted octanol–water partition coefficient (Wildman–Crippen LogP) is 4.52. The van der Waals surface area contributed by atoms with Gasteiger partial charge in [0.1, 0.15) is 5.69 Å². The highest BCUT2D eigenvalue weighted by Gasteiger charge is 2.30. The summed E-state index contributed by atoms with van der Waals surface area (Å²) in [6.45, 7) is 1.62. The molecule has 1 aliphatic rings. The van der Waals surface area contributed by atoms with Crippen LogP contribution < -0.4 is 5.73 Å². The van der Waals surface area contributed by atoms with E-state index in [4.69, 9.17) is 5.73 Å². The number of nitrogens with zero attached hydrogens (tertiary/aromatic N) is 2. The lowest BCUT2D eigenvalue weighted by Gasteiger charge is -2.30. The van der Waals surface area contributed by atoms with Crippen molar-refractivity contribution in [3.63, 3.8) is 0 Å². The molecule has 0 unspecified atom stereocenters. The number of nitro groups is 1. The van der Waals surface area contributed by atoms with Crippen LogP contribution in [0.5, 0.6) is 0 Å². The Kier molecular flexibility index (Phi) is 4.94. The number of alkyl halides is 3. The molecule has 0 aliphatic carbocycles. The molecule has 138 valence electrons. The molecule has 0 fully saturated rings. The van der Waals surface area contributed by atoms with Crippen LogP contribution in [-0.2, 0) is 25.7 Å². The summed E-state index contributed by atoms with van der Waals surface area (Å²) >= 11 is 3.37. The maximum absolute atomic E-state index is 12.6. The minimum atomic E-state index is -4.35. The summed E-state index contributed by atoms with van der Waals surface area (Å²) in [4.78, 5) is 12.6. The minimum absolute atomic E-state index is 0.119. The number of anilines is 1. The first-order chi connectivity index (χ1) is 12.2. The molecule has 5 nitrogen and oxygen atoms in total. The third-order valence-electron chi connectivity index (χ3n) is 4.46. The van der Waals surface area contributed by atoms with Gasteiger partial charge in [0.2, 0.25) is 0 Å². The fourth-order valence-electron chi connectivity index (χ4n) is 3.12. The van der Waals surface area contributed by atoms with Crippen LogP contribution in [-0.4, -0.2) is 16.4 Å². The average molecular weight is 430 g/mol. The topological polar surface area (TPSA) is 72.4 Å². The Morgan fingerprint density at radius 3 is 2.46 bits per heavy atom. The Morgan fingerprint density at radius 1 is 1.23 bits per heavy atom. The highest BCUT2D eigenvalue weighted by molar-refractivity contribution is 9.10. The number of nitrogens with two attached hydrogens (primary N) is 1. The van der Waals surface area contributed by atoms with Gasteiger partial charge in [-0.25, -0.2) is 0 Å². The molecule has 2 N–H and O–H groups in total. The highest BCUT2D eigenvalue weighted by Crippen LogP contribution is 2.37. The van der Waals surface area contributed by atoms with Crippen molar-refractivity contribution in [3.05, 3.63) is 67.2 Å². The number of fused-ring (bicyclic) bond motifs is 1. The number of hydrogen-bond donors (Lipinski definition) is 1. The van der Waals surface area contributed by atoms with Gasteiger partial charge in [-0.05, 0) is 35.2 Å². The van der Waals surface area contributed by atoms with Crippen molar-refractivity contribution in [1.29, 1.82) is 0 Å². The van der Waals surface area contributed by atoms with Gasteiger partial charge >= 0.3 is 6.18 Å². The zero-order valence-corrected chi connectivity index (χ0v) is 15.1. The first-order valence-electron chi connectivity index (χ1n) is 7.79. The van der Waals surface area contributed by atoms with E-state index in [2.05, 4.69) is 20.8 Å². The maximum atomic E-state index is 12.6. The van der Waals surface area contributed by atoms with Crippen molar-refractivity contribution in [2.45, 2.75) is 25.7 Å². The molecule has 1 heterocycles. The molecule has 0 atom stereocenters. The van der Waals surface area contributed by atoms with Crippen molar-refractivity contribution in [3.8, 4) is 0 Å². The fraction of sp³-hybridized carbons (Fsp3) is 0.294. The van der Waals surface area contributed by atoms with Crippen LogP contribution in [0.3, 0.4) is 0 Å².